The van der Waals surface area contributed by atoms with E-state index in [1.165, 1.54) is 0 Å². The van der Waals surface area contributed by atoms with Gasteiger partial charge in [-0.15, -0.1) is 0 Å². The second-order valence-electron chi connectivity index (χ2n) is 5.16. The Hall–Kier alpha value is -2.05. The quantitative estimate of drug-likeness (QED) is 0.607. The zero-order valence-electron chi connectivity index (χ0n) is 11.8. The fourth-order valence-corrected chi connectivity index (χ4v) is 1.95. The molecule has 20 heavy (non-hydrogen) atoms. The van der Waals surface area contributed by atoms with Gasteiger partial charge in [-0.2, -0.15) is 5.10 Å². The lowest BCUT2D eigenvalue weighted by molar-refractivity contribution is -0.122. The molecule has 1 aromatic heterocycles. The van der Waals surface area contributed by atoms with Crippen LogP contribution in [0, 0.1) is 0 Å². The minimum atomic E-state index is -0.616. The molecule has 1 fully saturated rings. The number of aromatic nitrogens is 2. The molecule has 1 unspecified atom stereocenters. The first-order valence-electron chi connectivity index (χ1n) is 6.96. The summed E-state index contributed by atoms with van der Waals surface area (Å²) in [5.74, 6) is -0.240. The molecular formula is C13H21N5O2. The monoisotopic (exact) mass is 279 g/mol. The summed E-state index contributed by atoms with van der Waals surface area (Å²) >= 11 is 0. The van der Waals surface area contributed by atoms with Crippen molar-refractivity contribution in [2.75, 3.05) is 12.3 Å². The van der Waals surface area contributed by atoms with Gasteiger partial charge in [-0.3, -0.25) is 14.7 Å². The van der Waals surface area contributed by atoms with Gasteiger partial charge in [0.15, 0.2) is 5.69 Å². The van der Waals surface area contributed by atoms with E-state index in [9.17, 15) is 9.59 Å². The highest BCUT2D eigenvalue weighted by Gasteiger charge is 2.30. The molecule has 1 aliphatic rings. The molecule has 1 aliphatic carbocycles. The Morgan fingerprint density at radius 1 is 1.50 bits per heavy atom. The van der Waals surface area contributed by atoms with Gasteiger partial charge in [0.2, 0.25) is 5.91 Å². The maximum atomic E-state index is 12.1. The molecule has 1 aromatic rings. The van der Waals surface area contributed by atoms with Crippen LogP contribution >= 0.6 is 0 Å². The Bertz CT molecular complexity index is 507. The van der Waals surface area contributed by atoms with Crippen LogP contribution in [-0.4, -0.2) is 34.6 Å². The number of carbonyl (C=O) groups is 2. The van der Waals surface area contributed by atoms with E-state index in [4.69, 9.17) is 5.73 Å². The van der Waals surface area contributed by atoms with Crippen LogP contribution in [0.25, 0.3) is 0 Å². The number of hydrogen-bond donors (Lipinski definition) is 4. The number of amides is 2. The van der Waals surface area contributed by atoms with Crippen molar-refractivity contribution in [3.8, 4) is 0 Å². The molecule has 0 aromatic carbocycles. The molecule has 2 amide bonds. The van der Waals surface area contributed by atoms with Crippen LogP contribution in [-0.2, 0) is 4.79 Å². The van der Waals surface area contributed by atoms with Crippen molar-refractivity contribution in [3.05, 3.63) is 11.4 Å². The smallest absolute Gasteiger partial charge is 0.274 e. The van der Waals surface area contributed by atoms with E-state index in [0.29, 0.717) is 18.2 Å². The summed E-state index contributed by atoms with van der Waals surface area (Å²) in [6, 6.07) is -0.616. The van der Waals surface area contributed by atoms with Gasteiger partial charge in [-0.25, -0.2) is 0 Å². The van der Waals surface area contributed by atoms with E-state index in [1.54, 1.807) is 6.92 Å². The number of nitrogens with zero attached hydrogens (tertiary/aromatic N) is 1. The summed E-state index contributed by atoms with van der Waals surface area (Å²) in [7, 11) is 0. The van der Waals surface area contributed by atoms with Gasteiger partial charge in [-0.1, -0.05) is 6.92 Å². The predicted octanol–water partition coefficient (Wildman–Crippen LogP) is 0.514. The van der Waals surface area contributed by atoms with Crippen molar-refractivity contribution >= 4 is 17.5 Å². The zero-order chi connectivity index (χ0) is 14.7. The fraction of sp³-hybridized carbons (Fsp3) is 0.615. The summed E-state index contributed by atoms with van der Waals surface area (Å²) in [6.07, 6.45) is 3.00. The average molecular weight is 279 g/mol. The maximum absolute atomic E-state index is 12.1. The van der Waals surface area contributed by atoms with Gasteiger partial charge in [0, 0.05) is 12.5 Å². The lowest BCUT2D eigenvalue weighted by Crippen LogP contribution is -2.45. The van der Waals surface area contributed by atoms with Crippen molar-refractivity contribution < 1.29 is 9.59 Å². The minimum Gasteiger partial charge on any atom is -0.395 e. The van der Waals surface area contributed by atoms with Crippen molar-refractivity contribution in [1.82, 2.24) is 20.8 Å². The van der Waals surface area contributed by atoms with Crippen LogP contribution in [0.2, 0.25) is 0 Å². The van der Waals surface area contributed by atoms with Crippen molar-refractivity contribution in [1.29, 1.82) is 0 Å². The molecule has 7 heteroatoms. The highest BCUT2D eigenvalue weighted by Crippen LogP contribution is 2.42. The van der Waals surface area contributed by atoms with Gasteiger partial charge in [0.05, 0.1) is 11.4 Å². The zero-order valence-corrected chi connectivity index (χ0v) is 11.8. The molecule has 0 bridgehead atoms. The molecular weight excluding hydrogens is 258 g/mol. The number of hydrogen-bond acceptors (Lipinski definition) is 4. The molecule has 110 valence electrons. The van der Waals surface area contributed by atoms with Crippen LogP contribution in [0.1, 0.15) is 55.2 Å². The van der Waals surface area contributed by atoms with Crippen LogP contribution in [0.5, 0.6) is 0 Å². The first-order valence-corrected chi connectivity index (χ1v) is 6.96. The predicted molar refractivity (Wildman–Crippen MR) is 75.2 cm³/mol. The number of nitrogen functional groups attached to an aromatic ring is 1. The van der Waals surface area contributed by atoms with Crippen LogP contribution in [0.15, 0.2) is 0 Å². The Morgan fingerprint density at radius 2 is 2.20 bits per heavy atom. The molecule has 1 heterocycles. The lowest BCUT2D eigenvalue weighted by Gasteiger charge is -2.13. The highest BCUT2D eigenvalue weighted by molar-refractivity contribution is 6.00. The Kier molecular flexibility index (Phi) is 4.26. The van der Waals surface area contributed by atoms with E-state index in [1.807, 2.05) is 6.92 Å². The normalized spacial score (nSPS) is 15.7. The SMILES string of the molecule is CCCNC(=O)C(C)NC(=O)c1n[nH]c(C2CC2)c1N. The maximum Gasteiger partial charge on any atom is 0.274 e. The van der Waals surface area contributed by atoms with Crippen LogP contribution in [0.4, 0.5) is 5.69 Å². The number of H-pyrrole nitrogens is 1. The fourth-order valence-electron chi connectivity index (χ4n) is 1.95. The molecule has 7 nitrogen and oxygen atoms in total. The van der Waals surface area contributed by atoms with Crippen LogP contribution < -0.4 is 16.4 Å². The van der Waals surface area contributed by atoms with Gasteiger partial charge < -0.3 is 16.4 Å². The van der Waals surface area contributed by atoms with E-state index in [2.05, 4.69) is 20.8 Å². The first-order chi connectivity index (χ1) is 9.54. The molecule has 0 aliphatic heterocycles. The van der Waals surface area contributed by atoms with E-state index < -0.39 is 11.9 Å². The highest BCUT2D eigenvalue weighted by atomic mass is 16.2. The number of nitrogens with two attached hydrogens (primary N) is 1. The topological polar surface area (TPSA) is 113 Å². The average Bonchev–Trinajstić information content (AvgIpc) is 3.18. The number of aromatic amines is 1. The second kappa shape index (κ2) is 5.94. The van der Waals surface area contributed by atoms with Gasteiger partial charge in [-0.05, 0) is 26.2 Å². The molecule has 2 rings (SSSR count). The summed E-state index contributed by atoms with van der Waals surface area (Å²) in [5.41, 5.74) is 7.32. The Morgan fingerprint density at radius 3 is 2.80 bits per heavy atom. The second-order valence-corrected chi connectivity index (χ2v) is 5.16. The largest absolute Gasteiger partial charge is 0.395 e. The summed E-state index contributed by atoms with van der Waals surface area (Å²) in [6.45, 7) is 4.19. The van der Waals surface area contributed by atoms with Gasteiger partial charge >= 0.3 is 0 Å². The third-order valence-corrected chi connectivity index (χ3v) is 3.32. The summed E-state index contributed by atoms with van der Waals surface area (Å²) in [5, 5.41) is 12.1. The number of rotatable bonds is 6. The van der Waals surface area contributed by atoms with Crippen molar-refractivity contribution in [2.45, 2.75) is 45.1 Å². The lowest BCUT2D eigenvalue weighted by atomic mass is 10.2. The van der Waals surface area contributed by atoms with Gasteiger partial charge in [0.1, 0.15) is 6.04 Å². The first kappa shape index (κ1) is 14.4. The number of carbonyl (C=O) groups excluding carboxylic acids is 2. The molecule has 0 radical (unpaired) electrons. The van der Waals surface area contributed by atoms with Crippen molar-refractivity contribution in [3.63, 3.8) is 0 Å². The molecule has 5 N–H and O–H groups in total. The summed E-state index contributed by atoms with van der Waals surface area (Å²) < 4.78 is 0. The number of nitrogens with one attached hydrogen (secondary N) is 3. The van der Waals surface area contributed by atoms with E-state index >= 15 is 0 Å². The standard InChI is InChI=1S/C13H21N5O2/c1-3-6-15-12(19)7(2)16-13(20)11-9(14)10(17-18-11)8-4-5-8/h7-8H,3-6,14H2,1-2H3,(H,15,19)(H,16,20)(H,17,18). The molecule has 0 spiro atoms. The van der Waals surface area contributed by atoms with E-state index in [-0.39, 0.29) is 11.6 Å². The van der Waals surface area contributed by atoms with Crippen LogP contribution in [0.3, 0.4) is 0 Å². The molecule has 0 saturated heterocycles. The minimum absolute atomic E-state index is 0.169. The third-order valence-electron chi connectivity index (χ3n) is 3.32. The van der Waals surface area contributed by atoms with Crippen molar-refractivity contribution in [2.24, 2.45) is 0 Å². The Labute approximate surface area is 117 Å². The molecule has 1 atom stereocenters. The van der Waals surface area contributed by atoms with E-state index in [0.717, 1.165) is 25.0 Å². The third kappa shape index (κ3) is 3.09. The summed E-state index contributed by atoms with van der Waals surface area (Å²) in [4.78, 5) is 23.7. The Balaban J connectivity index is 1.95. The molecule has 1 saturated carbocycles. The number of anilines is 1. The van der Waals surface area contributed by atoms with Gasteiger partial charge in [0.25, 0.3) is 5.91 Å².